The molecule has 0 fully saturated rings. The molecule has 2 nitrogen and oxygen atoms in total. The van der Waals surface area contributed by atoms with E-state index in [0.29, 0.717) is 13.0 Å². The molecule has 0 spiro atoms. The van der Waals surface area contributed by atoms with Crippen LogP contribution in [0.2, 0.25) is 0 Å². The Balaban J connectivity index is 0.00000180. The number of alkyl halides is 1. The molecule has 104 valence electrons. The Hall–Kier alpha value is -1.32. The monoisotopic (exact) mass is 283 g/mol. The van der Waals surface area contributed by atoms with Crippen molar-refractivity contribution in [2.24, 2.45) is 5.73 Å². The van der Waals surface area contributed by atoms with Crippen molar-refractivity contribution in [2.75, 3.05) is 13.3 Å². The molecular formula is C15H19ClFNO. The zero-order valence-corrected chi connectivity index (χ0v) is 11.8. The van der Waals surface area contributed by atoms with Crippen molar-refractivity contribution in [3.8, 4) is 5.75 Å². The summed E-state index contributed by atoms with van der Waals surface area (Å²) < 4.78 is 18.1. The third kappa shape index (κ3) is 3.37. The van der Waals surface area contributed by atoms with Crippen molar-refractivity contribution in [3.63, 3.8) is 0 Å². The van der Waals surface area contributed by atoms with Gasteiger partial charge >= 0.3 is 0 Å². The summed E-state index contributed by atoms with van der Waals surface area (Å²) in [5.74, 6) is 0.761. The zero-order valence-electron chi connectivity index (χ0n) is 10.9. The molecule has 1 atom stereocenters. The minimum absolute atomic E-state index is 0. The van der Waals surface area contributed by atoms with E-state index in [0.717, 1.165) is 22.1 Å². The van der Waals surface area contributed by atoms with Crippen molar-refractivity contribution in [1.82, 2.24) is 0 Å². The van der Waals surface area contributed by atoms with Crippen molar-refractivity contribution < 1.29 is 9.13 Å². The molecule has 0 saturated heterocycles. The lowest BCUT2D eigenvalue weighted by Crippen LogP contribution is -2.13. The van der Waals surface area contributed by atoms with E-state index < -0.39 is 6.67 Å². The SMILES string of the molecule is CCOc1ccc2ccccc2c1[C@H](N)CCF.Cl. The van der Waals surface area contributed by atoms with Crippen LogP contribution in [0.25, 0.3) is 10.8 Å². The maximum Gasteiger partial charge on any atom is 0.124 e. The maximum atomic E-state index is 12.5. The van der Waals surface area contributed by atoms with E-state index in [1.54, 1.807) is 0 Å². The summed E-state index contributed by atoms with van der Waals surface area (Å²) >= 11 is 0. The van der Waals surface area contributed by atoms with Crippen LogP contribution in [0, 0.1) is 0 Å². The van der Waals surface area contributed by atoms with E-state index in [9.17, 15) is 4.39 Å². The third-order valence-electron chi connectivity index (χ3n) is 3.02. The van der Waals surface area contributed by atoms with Crippen molar-refractivity contribution >= 4 is 23.2 Å². The van der Waals surface area contributed by atoms with E-state index in [-0.39, 0.29) is 18.4 Å². The van der Waals surface area contributed by atoms with Crippen LogP contribution >= 0.6 is 12.4 Å². The Labute approximate surface area is 119 Å². The van der Waals surface area contributed by atoms with Gasteiger partial charge in [-0.25, -0.2) is 0 Å². The minimum atomic E-state index is -0.421. The molecule has 0 unspecified atom stereocenters. The lowest BCUT2D eigenvalue weighted by atomic mass is 9.96. The Bertz CT molecular complexity index is 533. The normalized spacial score (nSPS) is 11.9. The second kappa shape index (κ2) is 7.31. The summed E-state index contributed by atoms with van der Waals surface area (Å²) in [7, 11) is 0. The summed E-state index contributed by atoms with van der Waals surface area (Å²) in [6.45, 7) is 2.09. The van der Waals surface area contributed by atoms with Gasteiger partial charge in [-0.3, -0.25) is 4.39 Å². The Morgan fingerprint density at radius 3 is 2.63 bits per heavy atom. The maximum absolute atomic E-state index is 12.5. The summed E-state index contributed by atoms with van der Waals surface area (Å²) in [6, 6.07) is 11.6. The summed E-state index contributed by atoms with van der Waals surface area (Å²) in [5, 5.41) is 2.15. The van der Waals surface area contributed by atoms with Gasteiger partial charge in [0.15, 0.2) is 0 Å². The van der Waals surface area contributed by atoms with Crippen molar-refractivity contribution in [3.05, 3.63) is 42.0 Å². The Kier molecular flexibility index (Phi) is 6.06. The second-order valence-corrected chi connectivity index (χ2v) is 4.22. The Morgan fingerprint density at radius 2 is 1.95 bits per heavy atom. The summed E-state index contributed by atoms with van der Waals surface area (Å²) in [6.07, 6.45) is 0.314. The van der Waals surface area contributed by atoms with E-state index in [2.05, 4.69) is 0 Å². The van der Waals surface area contributed by atoms with E-state index in [1.807, 2.05) is 43.3 Å². The fraction of sp³-hybridized carbons (Fsp3) is 0.333. The summed E-state index contributed by atoms with van der Waals surface area (Å²) in [5.41, 5.74) is 6.99. The number of hydrogen-bond donors (Lipinski definition) is 1. The molecule has 2 rings (SSSR count). The number of rotatable bonds is 5. The van der Waals surface area contributed by atoms with Crippen LogP contribution in [0.5, 0.6) is 5.75 Å². The van der Waals surface area contributed by atoms with Crippen LogP contribution in [-0.2, 0) is 0 Å². The fourth-order valence-corrected chi connectivity index (χ4v) is 2.20. The first-order valence-corrected chi connectivity index (χ1v) is 6.24. The first-order chi connectivity index (χ1) is 8.77. The largest absolute Gasteiger partial charge is 0.494 e. The first-order valence-electron chi connectivity index (χ1n) is 6.24. The standard InChI is InChI=1S/C15H18FNO.ClH/c1-2-18-14-8-7-11-5-3-4-6-12(11)15(14)13(17)9-10-16;/h3-8,13H,2,9-10,17H2,1H3;1H/t13-;/m1./s1. The van der Waals surface area contributed by atoms with Crippen molar-refractivity contribution in [2.45, 2.75) is 19.4 Å². The minimum Gasteiger partial charge on any atom is -0.494 e. The quantitative estimate of drug-likeness (QED) is 0.899. The molecule has 0 radical (unpaired) electrons. The molecule has 2 aromatic carbocycles. The highest BCUT2D eigenvalue weighted by molar-refractivity contribution is 5.88. The van der Waals surface area contributed by atoms with E-state index in [4.69, 9.17) is 10.5 Å². The van der Waals surface area contributed by atoms with Crippen LogP contribution in [0.15, 0.2) is 36.4 Å². The van der Waals surface area contributed by atoms with Gasteiger partial charge in [-0.05, 0) is 30.2 Å². The number of benzene rings is 2. The van der Waals surface area contributed by atoms with Crippen LogP contribution in [0.3, 0.4) is 0 Å². The van der Waals surface area contributed by atoms with Crippen LogP contribution in [0.4, 0.5) is 4.39 Å². The van der Waals surface area contributed by atoms with Gasteiger partial charge in [0.05, 0.1) is 13.3 Å². The number of halogens is 2. The van der Waals surface area contributed by atoms with Gasteiger partial charge in [0, 0.05) is 11.6 Å². The van der Waals surface area contributed by atoms with E-state index in [1.165, 1.54) is 0 Å². The van der Waals surface area contributed by atoms with Gasteiger partial charge in [-0.2, -0.15) is 0 Å². The van der Waals surface area contributed by atoms with Gasteiger partial charge in [-0.1, -0.05) is 30.3 Å². The molecule has 19 heavy (non-hydrogen) atoms. The summed E-state index contributed by atoms with van der Waals surface area (Å²) in [4.78, 5) is 0. The smallest absolute Gasteiger partial charge is 0.124 e. The molecule has 2 aromatic rings. The molecule has 0 amide bonds. The predicted molar refractivity (Wildman–Crippen MR) is 79.9 cm³/mol. The van der Waals surface area contributed by atoms with Gasteiger partial charge in [0.25, 0.3) is 0 Å². The molecule has 0 aromatic heterocycles. The molecule has 4 heteroatoms. The van der Waals surface area contributed by atoms with Crippen LogP contribution in [-0.4, -0.2) is 13.3 Å². The average molecular weight is 284 g/mol. The molecule has 0 aliphatic carbocycles. The first kappa shape index (κ1) is 15.7. The lowest BCUT2D eigenvalue weighted by molar-refractivity contribution is 0.332. The topological polar surface area (TPSA) is 35.2 Å². The van der Waals surface area contributed by atoms with Crippen LogP contribution in [0.1, 0.15) is 24.9 Å². The molecule has 0 heterocycles. The Morgan fingerprint density at radius 1 is 1.21 bits per heavy atom. The molecule has 0 bridgehead atoms. The van der Waals surface area contributed by atoms with E-state index >= 15 is 0 Å². The van der Waals surface area contributed by atoms with Crippen LogP contribution < -0.4 is 10.5 Å². The lowest BCUT2D eigenvalue weighted by Gasteiger charge is -2.18. The molecule has 0 aliphatic heterocycles. The van der Waals surface area contributed by atoms with Gasteiger partial charge in [-0.15, -0.1) is 12.4 Å². The highest BCUT2D eigenvalue weighted by Crippen LogP contribution is 2.33. The van der Waals surface area contributed by atoms with Crippen molar-refractivity contribution in [1.29, 1.82) is 0 Å². The predicted octanol–water partition coefficient (Wildman–Crippen LogP) is 4.02. The average Bonchev–Trinajstić information content (AvgIpc) is 2.39. The fourth-order valence-electron chi connectivity index (χ4n) is 2.20. The number of hydrogen-bond acceptors (Lipinski definition) is 2. The molecular weight excluding hydrogens is 265 g/mol. The van der Waals surface area contributed by atoms with Gasteiger partial charge in [0.1, 0.15) is 5.75 Å². The molecule has 2 N–H and O–H groups in total. The second-order valence-electron chi connectivity index (χ2n) is 4.22. The number of nitrogens with two attached hydrogens (primary N) is 1. The molecule has 0 aliphatic rings. The van der Waals surface area contributed by atoms with Gasteiger partial charge < -0.3 is 10.5 Å². The highest BCUT2D eigenvalue weighted by Gasteiger charge is 2.15. The highest BCUT2D eigenvalue weighted by atomic mass is 35.5. The molecule has 0 saturated carbocycles. The van der Waals surface area contributed by atoms with Gasteiger partial charge in [0.2, 0.25) is 0 Å². The number of fused-ring (bicyclic) bond motifs is 1. The third-order valence-corrected chi connectivity index (χ3v) is 3.02. The zero-order chi connectivity index (χ0) is 13.0. The number of ether oxygens (including phenoxy) is 1.